The minimum absolute atomic E-state index is 0.0354. The van der Waals surface area contributed by atoms with E-state index in [9.17, 15) is 14.6 Å². The first-order valence-electron chi connectivity index (χ1n) is 19.7. The molecule has 2 aliphatic carbocycles. The summed E-state index contributed by atoms with van der Waals surface area (Å²) in [6.07, 6.45) is 7.95. The maximum Gasteiger partial charge on any atom is 0.231 e. The molecule has 0 radical (unpaired) electrons. The topological polar surface area (TPSA) is 213 Å². The minimum atomic E-state index is -1.03. The number of anilines is 3. The Labute approximate surface area is 341 Å². The first kappa shape index (κ1) is 37.7. The summed E-state index contributed by atoms with van der Waals surface area (Å²) in [5.74, 6) is 1.18. The molecule has 2 aliphatic rings. The molecule has 0 amide bonds. The number of nitrogens with two attached hydrogens (primary N) is 1. The maximum absolute atomic E-state index is 15.4. The largest absolute Gasteiger partial charge is 0.494 e. The highest BCUT2D eigenvalue weighted by Gasteiger charge is 2.38. The highest BCUT2D eigenvalue weighted by Crippen LogP contribution is 2.48. The molecule has 0 bridgehead atoms. The Kier molecular flexibility index (Phi) is 8.49. The summed E-state index contributed by atoms with van der Waals surface area (Å²) in [4.78, 5) is 32.6. The van der Waals surface area contributed by atoms with Crippen molar-refractivity contribution in [1.29, 1.82) is 0 Å². The van der Waals surface area contributed by atoms with Gasteiger partial charge in [-0.2, -0.15) is 9.03 Å². The third-order valence-corrected chi connectivity index (χ3v) is 11.9. The Morgan fingerprint density at radius 3 is 1.97 bits per heavy atom. The number of aromatic nitrogens is 11. The van der Waals surface area contributed by atoms with Crippen molar-refractivity contribution in [3.8, 4) is 5.75 Å². The number of rotatable bonds is 9. The van der Waals surface area contributed by atoms with Gasteiger partial charge >= 0.3 is 0 Å². The van der Waals surface area contributed by atoms with E-state index in [1.807, 2.05) is 12.1 Å². The number of fused-ring (bicyclic) bond motifs is 6. The normalized spacial score (nSPS) is 19.6. The third-order valence-electron chi connectivity index (χ3n) is 11.9. The van der Waals surface area contributed by atoms with Crippen LogP contribution in [0.15, 0.2) is 55.0 Å². The van der Waals surface area contributed by atoms with Crippen LogP contribution in [0.25, 0.3) is 33.1 Å². The van der Waals surface area contributed by atoms with Gasteiger partial charge in [0.1, 0.15) is 22.9 Å². The fraction of sp³-hybridized carbons (Fsp3) is 0.357. The molecule has 2 saturated carbocycles. The lowest BCUT2D eigenvalue weighted by atomic mass is 9.72. The zero-order valence-electron chi connectivity index (χ0n) is 33.4. The second kappa shape index (κ2) is 13.5. The van der Waals surface area contributed by atoms with Crippen molar-refractivity contribution < 1.29 is 23.7 Å². The van der Waals surface area contributed by atoms with E-state index in [0.717, 1.165) is 43.0 Å². The highest BCUT2D eigenvalue weighted by molar-refractivity contribution is 5.97. The van der Waals surface area contributed by atoms with E-state index in [0.29, 0.717) is 51.0 Å². The Morgan fingerprint density at radius 2 is 1.33 bits per heavy atom. The van der Waals surface area contributed by atoms with Crippen molar-refractivity contribution in [3.63, 3.8) is 0 Å². The molecule has 6 aromatic heterocycles. The van der Waals surface area contributed by atoms with Gasteiger partial charge in [-0.1, -0.05) is 6.07 Å². The SMILES string of the molecule is COc1cc2nc(N)n3nc(C4CC(c5ncc(C(C)(C)O)cn5)C4)nc3c2cc1Nc1nc2c(F)cc(F)cc2c2nc(C3CC(c4ccc(C(C)(C)O)cn4)C3)nn12. The number of nitrogen functional groups attached to an aromatic ring is 1. The van der Waals surface area contributed by atoms with E-state index < -0.39 is 22.8 Å². The maximum atomic E-state index is 15.4. The van der Waals surface area contributed by atoms with E-state index in [2.05, 4.69) is 30.2 Å². The molecule has 2 fully saturated rings. The van der Waals surface area contributed by atoms with Gasteiger partial charge < -0.3 is 26.0 Å². The molecular formula is C42H41F2N13O3. The lowest BCUT2D eigenvalue weighted by Gasteiger charge is -2.33. The monoisotopic (exact) mass is 813 g/mol. The van der Waals surface area contributed by atoms with Crippen LogP contribution in [0, 0.1) is 11.6 Å². The van der Waals surface area contributed by atoms with E-state index in [1.165, 1.54) is 22.2 Å². The van der Waals surface area contributed by atoms with Gasteiger partial charge in [0.25, 0.3) is 0 Å². The predicted molar refractivity (Wildman–Crippen MR) is 217 cm³/mol. The fourth-order valence-corrected chi connectivity index (χ4v) is 8.12. The van der Waals surface area contributed by atoms with Gasteiger partial charge in [-0.05, 0) is 71.6 Å². The van der Waals surface area contributed by atoms with Crippen molar-refractivity contribution in [2.45, 2.75) is 88.3 Å². The van der Waals surface area contributed by atoms with Crippen molar-refractivity contribution in [3.05, 3.63) is 101 Å². The van der Waals surface area contributed by atoms with Crippen LogP contribution in [0.5, 0.6) is 5.75 Å². The lowest BCUT2D eigenvalue weighted by molar-refractivity contribution is 0.0773. The number of aliphatic hydroxyl groups is 2. The zero-order chi connectivity index (χ0) is 41.8. The van der Waals surface area contributed by atoms with Gasteiger partial charge in [0, 0.05) is 76.6 Å². The summed E-state index contributed by atoms with van der Waals surface area (Å²) in [5.41, 5.74) is 8.28. The molecule has 5 N–H and O–H groups in total. The van der Waals surface area contributed by atoms with Gasteiger partial charge in [0.05, 0.1) is 34.9 Å². The Balaban J connectivity index is 0.976. The molecule has 0 saturated heterocycles. The van der Waals surface area contributed by atoms with E-state index in [4.69, 9.17) is 30.6 Å². The number of nitrogens with zero attached hydrogens (tertiary/aromatic N) is 11. The van der Waals surface area contributed by atoms with Gasteiger partial charge in [0.2, 0.25) is 11.9 Å². The summed E-state index contributed by atoms with van der Waals surface area (Å²) in [5, 5.41) is 34.3. The first-order chi connectivity index (χ1) is 28.6. The molecule has 10 rings (SSSR count). The summed E-state index contributed by atoms with van der Waals surface area (Å²) in [7, 11) is 1.51. The number of methoxy groups -OCH3 is 1. The molecule has 306 valence electrons. The average Bonchev–Trinajstić information content (AvgIpc) is 3.81. The molecule has 16 nitrogen and oxygen atoms in total. The Hall–Kier alpha value is -6.53. The predicted octanol–water partition coefficient (Wildman–Crippen LogP) is 6.44. The van der Waals surface area contributed by atoms with Crippen LogP contribution in [-0.2, 0) is 11.2 Å². The highest BCUT2D eigenvalue weighted by atomic mass is 19.1. The van der Waals surface area contributed by atoms with Gasteiger partial charge in [-0.15, -0.1) is 10.2 Å². The van der Waals surface area contributed by atoms with Crippen LogP contribution in [0.4, 0.5) is 26.4 Å². The molecule has 2 aromatic carbocycles. The van der Waals surface area contributed by atoms with E-state index >= 15 is 4.39 Å². The van der Waals surface area contributed by atoms with Gasteiger partial charge in [-0.25, -0.2) is 38.7 Å². The number of hydrogen-bond acceptors (Lipinski definition) is 14. The number of benzene rings is 2. The second-order valence-electron chi connectivity index (χ2n) is 16.9. The molecule has 6 heterocycles. The number of ether oxygens (including phenoxy) is 1. The van der Waals surface area contributed by atoms with Crippen molar-refractivity contribution in [2.24, 2.45) is 0 Å². The number of nitrogens with one attached hydrogen (secondary N) is 1. The molecule has 0 aliphatic heterocycles. The van der Waals surface area contributed by atoms with Crippen LogP contribution >= 0.6 is 0 Å². The summed E-state index contributed by atoms with van der Waals surface area (Å²) in [6.45, 7) is 6.83. The molecule has 60 heavy (non-hydrogen) atoms. The number of pyridine rings is 1. The molecule has 18 heteroatoms. The number of halogens is 2. The van der Waals surface area contributed by atoms with Crippen LogP contribution in [-0.4, -0.2) is 71.4 Å². The minimum Gasteiger partial charge on any atom is -0.494 e. The molecule has 0 unspecified atom stereocenters. The van der Waals surface area contributed by atoms with Crippen LogP contribution < -0.4 is 15.8 Å². The van der Waals surface area contributed by atoms with Gasteiger partial charge in [0.15, 0.2) is 28.8 Å². The average molecular weight is 814 g/mol. The molecule has 0 atom stereocenters. The van der Waals surface area contributed by atoms with Crippen LogP contribution in [0.1, 0.15) is 111 Å². The van der Waals surface area contributed by atoms with Crippen molar-refractivity contribution >= 4 is 50.7 Å². The second-order valence-corrected chi connectivity index (χ2v) is 16.9. The zero-order valence-corrected chi connectivity index (χ0v) is 33.4. The van der Waals surface area contributed by atoms with Crippen LogP contribution in [0.2, 0.25) is 0 Å². The summed E-state index contributed by atoms with van der Waals surface area (Å²) < 4.78 is 38.9. The standard InChI is InChI=1S/C42H41F2N13O3/c1-41(2,58)23-6-7-29(46-16-23)19-8-21(9-19)36-53-38-27-12-25(43)13-28(44)33(27)51-40(57(38)55-36)50-31-14-26-30(15-32(31)60-5)49-39(45)56-37(26)52-35(54-56)22-10-20(11-22)34-47-17-24(18-48-34)42(3,4)59/h6-7,12-22,58-59H,8-11H2,1-5H3,(H2,45,49)(H,50,51). The Bertz CT molecular complexity index is 2980. The fourth-order valence-electron chi connectivity index (χ4n) is 8.12. The lowest BCUT2D eigenvalue weighted by Crippen LogP contribution is -2.24. The smallest absolute Gasteiger partial charge is 0.231 e. The first-order valence-corrected chi connectivity index (χ1v) is 19.7. The number of hydrogen-bond donors (Lipinski definition) is 4. The molecule has 8 aromatic rings. The summed E-state index contributed by atoms with van der Waals surface area (Å²) in [6, 6.07) is 9.32. The van der Waals surface area contributed by atoms with E-state index in [-0.39, 0.29) is 52.1 Å². The quantitative estimate of drug-likeness (QED) is 0.124. The van der Waals surface area contributed by atoms with Gasteiger partial charge in [-0.3, -0.25) is 4.98 Å². The molecule has 0 spiro atoms. The van der Waals surface area contributed by atoms with Crippen molar-refractivity contribution in [2.75, 3.05) is 18.2 Å². The summed E-state index contributed by atoms with van der Waals surface area (Å²) >= 11 is 0. The van der Waals surface area contributed by atoms with E-state index in [1.54, 1.807) is 58.4 Å². The Morgan fingerprint density at radius 1 is 0.717 bits per heavy atom. The third kappa shape index (κ3) is 6.37. The van der Waals surface area contributed by atoms with Crippen LogP contribution in [0.3, 0.4) is 0 Å². The molecular weight excluding hydrogens is 773 g/mol. The van der Waals surface area contributed by atoms with Crippen molar-refractivity contribution in [1.82, 2.24) is 54.1 Å².